The molecule has 2 amide bonds. The minimum absolute atomic E-state index is 0.334. The molecule has 30 heavy (non-hydrogen) atoms. The van der Waals surface area contributed by atoms with Crippen LogP contribution in [0.3, 0.4) is 0 Å². The van der Waals surface area contributed by atoms with E-state index >= 15 is 0 Å². The molecule has 3 aromatic carbocycles. The summed E-state index contributed by atoms with van der Waals surface area (Å²) in [5.41, 5.74) is 3.59. The Morgan fingerprint density at radius 3 is 2.10 bits per heavy atom. The van der Waals surface area contributed by atoms with Crippen molar-refractivity contribution in [2.75, 3.05) is 24.0 Å². The van der Waals surface area contributed by atoms with E-state index in [2.05, 4.69) is 0 Å². The molecule has 0 unspecified atom stereocenters. The fourth-order valence-corrected chi connectivity index (χ4v) is 3.67. The number of likely N-dealkylation sites (N-methyl/N-ethyl adjacent to an activating group) is 1. The van der Waals surface area contributed by atoms with Crippen LogP contribution in [0.15, 0.2) is 84.6 Å². The van der Waals surface area contributed by atoms with Gasteiger partial charge < -0.3 is 9.64 Å². The number of aryl methyl sites for hydroxylation is 1. The molecule has 0 atom stereocenters. The highest BCUT2D eigenvalue weighted by atomic mass is 16.5. The van der Waals surface area contributed by atoms with Crippen molar-refractivity contribution in [3.05, 3.63) is 95.7 Å². The average Bonchev–Trinajstić information content (AvgIpc) is 3.04. The molecule has 0 aromatic heterocycles. The second-order valence-corrected chi connectivity index (χ2v) is 7.11. The molecule has 0 aliphatic carbocycles. The van der Waals surface area contributed by atoms with Gasteiger partial charge in [0.2, 0.25) is 0 Å². The maximum atomic E-state index is 13.6. The van der Waals surface area contributed by atoms with Crippen molar-refractivity contribution in [2.24, 2.45) is 0 Å². The second kappa shape index (κ2) is 7.87. The maximum Gasteiger partial charge on any atom is 0.282 e. The molecule has 0 saturated heterocycles. The minimum atomic E-state index is -0.380. The summed E-state index contributed by atoms with van der Waals surface area (Å²) in [5.74, 6) is -0.277. The number of carbonyl (C=O) groups is 2. The molecule has 4 rings (SSSR count). The van der Waals surface area contributed by atoms with Crippen molar-refractivity contribution in [3.63, 3.8) is 0 Å². The molecule has 150 valence electrons. The topological polar surface area (TPSA) is 49.9 Å². The monoisotopic (exact) mass is 398 g/mol. The highest BCUT2D eigenvalue weighted by Gasteiger charge is 2.43. The van der Waals surface area contributed by atoms with Gasteiger partial charge in [0.15, 0.2) is 0 Å². The lowest BCUT2D eigenvalue weighted by atomic mass is 10.0. The predicted molar refractivity (Wildman–Crippen MR) is 118 cm³/mol. The Hall–Kier alpha value is -3.86. The summed E-state index contributed by atoms with van der Waals surface area (Å²) in [4.78, 5) is 30.2. The van der Waals surface area contributed by atoms with E-state index in [0.717, 1.165) is 11.3 Å². The van der Waals surface area contributed by atoms with Crippen LogP contribution in [0.1, 0.15) is 11.1 Å². The standard InChI is InChI=1S/C25H22N2O3/c1-17-14-15-21(30-3)20(16-17)27-24(28)22(18-10-6-4-7-11-18)23(25(27)29)26(2)19-12-8-5-9-13-19/h4-16H,1-3H3. The largest absolute Gasteiger partial charge is 0.495 e. The van der Waals surface area contributed by atoms with Crippen LogP contribution in [0, 0.1) is 6.92 Å². The molecule has 0 fully saturated rings. The Labute approximate surface area is 175 Å². The third-order valence-corrected chi connectivity index (χ3v) is 5.18. The number of anilines is 2. The number of nitrogens with zero attached hydrogens (tertiary/aromatic N) is 2. The molecule has 1 aliphatic heterocycles. The first-order chi connectivity index (χ1) is 14.5. The van der Waals surface area contributed by atoms with Gasteiger partial charge in [-0.05, 0) is 42.3 Å². The third kappa shape index (κ3) is 3.24. The number of hydrogen-bond donors (Lipinski definition) is 0. The number of para-hydroxylation sites is 1. The van der Waals surface area contributed by atoms with E-state index in [-0.39, 0.29) is 11.8 Å². The normalized spacial score (nSPS) is 13.8. The van der Waals surface area contributed by atoms with Gasteiger partial charge >= 0.3 is 0 Å². The van der Waals surface area contributed by atoms with Gasteiger partial charge in [-0.15, -0.1) is 0 Å². The summed E-state index contributed by atoms with van der Waals surface area (Å²) in [6, 6.07) is 24.3. The minimum Gasteiger partial charge on any atom is -0.495 e. The van der Waals surface area contributed by atoms with Crippen LogP contribution in [0.25, 0.3) is 5.57 Å². The van der Waals surface area contributed by atoms with E-state index in [4.69, 9.17) is 4.74 Å². The van der Waals surface area contributed by atoms with E-state index in [9.17, 15) is 9.59 Å². The molecule has 0 N–H and O–H groups in total. The second-order valence-electron chi connectivity index (χ2n) is 7.11. The van der Waals surface area contributed by atoms with E-state index in [1.807, 2.05) is 73.7 Å². The lowest BCUT2D eigenvalue weighted by Crippen LogP contribution is -2.34. The van der Waals surface area contributed by atoms with Crippen molar-refractivity contribution in [1.29, 1.82) is 0 Å². The number of carbonyl (C=O) groups excluding carboxylic acids is 2. The summed E-state index contributed by atoms with van der Waals surface area (Å²) in [5, 5.41) is 0. The zero-order valence-electron chi connectivity index (χ0n) is 17.1. The Balaban J connectivity index is 1.90. The fourth-order valence-electron chi connectivity index (χ4n) is 3.67. The van der Waals surface area contributed by atoms with Crippen LogP contribution in [-0.4, -0.2) is 26.0 Å². The molecular formula is C25H22N2O3. The number of amides is 2. The highest BCUT2D eigenvalue weighted by Crippen LogP contribution is 2.39. The average molecular weight is 398 g/mol. The lowest BCUT2D eigenvalue weighted by Gasteiger charge is -2.22. The molecule has 0 saturated carbocycles. The van der Waals surface area contributed by atoms with Gasteiger partial charge in [-0.3, -0.25) is 9.59 Å². The van der Waals surface area contributed by atoms with Crippen molar-refractivity contribution in [3.8, 4) is 5.75 Å². The Bertz CT molecular complexity index is 1140. The molecule has 0 radical (unpaired) electrons. The van der Waals surface area contributed by atoms with Crippen molar-refractivity contribution in [1.82, 2.24) is 0 Å². The maximum absolute atomic E-state index is 13.6. The van der Waals surface area contributed by atoms with Crippen LogP contribution in [0.2, 0.25) is 0 Å². The molecule has 5 nitrogen and oxygen atoms in total. The zero-order chi connectivity index (χ0) is 21.3. The molecule has 1 heterocycles. The van der Waals surface area contributed by atoms with Gasteiger partial charge in [0.25, 0.3) is 11.8 Å². The summed E-state index contributed by atoms with van der Waals surface area (Å²) < 4.78 is 5.45. The first-order valence-electron chi connectivity index (χ1n) is 9.65. The number of benzene rings is 3. The Morgan fingerprint density at radius 2 is 1.47 bits per heavy atom. The molecule has 0 bridgehead atoms. The van der Waals surface area contributed by atoms with E-state index < -0.39 is 0 Å². The van der Waals surface area contributed by atoms with Gasteiger partial charge in [0.1, 0.15) is 11.4 Å². The van der Waals surface area contributed by atoms with Crippen LogP contribution >= 0.6 is 0 Å². The van der Waals surface area contributed by atoms with Crippen LogP contribution in [0.4, 0.5) is 11.4 Å². The van der Waals surface area contributed by atoms with Crippen molar-refractivity contribution >= 4 is 28.8 Å². The smallest absolute Gasteiger partial charge is 0.282 e. The van der Waals surface area contributed by atoms with E-state index in [1.165, 1.54) is 12.0 Å². The van der Waals surface area contributed by atoms with Gasteiger partial charge in [0.05, 0.1) is 18.4 Å². The SMILES string of the molecule is COc1ccc(C)cc1N1C(=O)C(c2ccccc2)=C(N(C)c2ccccc2)C1=O. The molecular weight excluding hydrogens is 376 g/mol. The van der Waals surface area contributed by atoms with Crippen molar-refractivity contribution in [2.45, 2.75) is 6.92 Å². The quantitative estimate of drug-likeness (QED) is 0.597. The Kier molecular flexibility index (Phi) is 5.11. The van der Waals surface area contributed by atoms with Crippen molar-refractivity contribution < 1.29 is 14.3 Å². The van der Waals surface area contributed by atoms with Crippen LogP contribution in [0.5, 0.6) is 5.75 Å². The number of hydrogen-bond acceptors (Lipinski definition) is 4. The van der Waals surface area contributed by atoms with Crippen LogP contribution < -0.4 is 14.5 Å². The van der Waals surface area contributed by atoms with Gasteiger partial charge in [0, 0.05) is 12.7 Å². The number of imide groups is 1. The zero-order valence-corrected chi connectivity index (χ0v) is 17.1. The predicted octanol–water partition coefficient (Wildman–Crippen LogP) is 4.42. The van der Waals surface area contributed by atoms with Gasteiger partial charge in [-0.25, -0.2) is 4.90 Å². The highest BCUT2D eigenvalue weighted by molar-refractivity contribution is 6.46. The Morgan fingerprint density at radius 1 is 0.833 bits per heavy atom. The molecule has 5 heteroatoms. The summed E-state index contributed by atoms with van der Waals surface area (Å²) >= 11 is 0. The number of methoxy groups -OCH3 is 1. The van der Waals surface area contributed by atoms with E-state index in [0.29, 0.717) is 28.3 Å². The molecule has 1 aliphatic rings. The van der Waals surface area contributed by atoms with Gasteiger partial charge in [-0.2, -0.15) is 0 Å². The molecule has 3 aromatic rings. The molecule has 0 spiro atoms. The van der Waals surface area contributed by atoms with Crippen LogP contribution in [-0.2, 0) is 9.59 Å². The lowest BCUT2D eigenvalue weighted by molar-refractivity contribution is -0.120. The third-order valence-electron chi connectivity index (χ3n) is 5.18. The summed E-state index contributed by atoms with van der Waals surface area (Å²) in [6.45, 7) is 1.91. The summed E-state index contributed by atoms with van der Waals surface area (Å²) in [6.07, 6.45) is 0. The summed E-state index contributed by atoms with van der Waals surface area (Å²) in [7, 11) is 3.33. The van der Waals surface area contributed by atoms with E-state index in [1.54, 1.807) is 24.1 Å². The number of rotatable bonds is 5. The fraction of sp³-hybridized carbons (Fsp3) is 0.120. The first-order valence-corrected chi connectivity index (χ1v) is 9.65. The van der Waals surface area contributed by atoms with Gasteiger partial charge in [-0.1, -0.05) is 54.6 Å². The number of ether oxygens (including phenoxy) is 1. The first kappa shape index (κ1) is 19.5.